The predicted molar refractivity (Wildman–Crippen MR) is 80.4 cm³/mol. The van der Waals surface area contributed by atoms with E-state index in [-0.39, 0.29) is 5.91 Å². The maximum atomic E-state index is 12.1. The second-order valence-corrected chi connectivity index (χ2v) is 6.00. The molecular formula is C16H24N2O4. The summed E-state index contributed by atoms with van der Waals surface area (Å²) in [5, 5.41) is 6.59. The summed E-state index contributed by atoms with van der Waals surface area (Å²) < 4.78 is 10.1. The van der Waals surface area contributed by atoms with Crippen molar-refractivity contribution < 1.29 is 18.8 Å². The number of hydrogen-bond donors (Lipinski definition) is 1. The minimum atomic E-state index is -0.829. The van der Waals surface area contributed by atoms with E-state index in [1.165, 1.54) is 19.3 Å². The van der Waals surface area contributed by atoms with E-state index in [4.69, 9.17) is 9.26 Å². The van der Waals surface area contributed by atoms with Gasteiger partial charge in [-0.05, 0) is 39.5 Å². The zero-order valence-corrected chi connectivity index (χ0v) is 13.5. The summed E-state index contributed by atoms with van der Waals surface area (Å²) in [6.45, 7) is 5.55. The molecule has 1 N–H and O–H groups in total. The highest BCUT2D eigenvalue weighted by Crippen LogP contribution is 2.22. The van der Waals surface area contributed by atoms with Crippen LogP contribution in [0.3, 0.4) is 0 Å². The van der Waals surface area contributed by atoms with Gasteiger partial charge < -0.3 is 14.6 Å². The fourth-order valence-corrected chi connectivity index (χ4v) is 2.83. The average molecular weight is 308 g/mol. The molecule has 1 heterocycles. The molecular weight excluding hydrogens is 284 g/mol. The highest BCUT2D eigenvalue weighted by atomic mass is 16.5. The lowest BCUT2D eigenvalue weighted by atomic mass is 9.89. The van der Waals surface area contributed by atoms with Gasteiger partial charge in [0.1, 0.15) is 11.3 Å². The van der Waals surface area contributed by atoms with Crippen molar-refractivity contribution in [3.8, 4) is 0 Å². The molecule has 0 aromatic carbocycles. The molecule has 1 amide bonds. The molecule has 1 atom stereocenters. The maximum absolute atomic E-state index is 12.1. The van der Waals surface area contributed by atoms with Crippen LogP contribution in [0.25, 0.3) is 0 Å². The summed E-state index contributed by atoms with van der Waals surface area (Å²) in [6.07, 6.45) is 5.25. The van der Waals surface area contributed by atoms with Crippen LogP contribution in [0.4, 0.5) is 0 Å². The molecule has 1 fully saturated rings. The Balaban J connectivity index is 1.82. The number of hydrogen-bond acceptors (Lipinski definition) is 5. The zero-order chi connectivity index (χ0) is 16.1. The molecule has 0 spiro atoms. The first-order valence-electron chi connectivity index (χ1n) is 7.90. The van der Waals surface area contributed by atoms with Crippen molar-refractivity contribution in [2.24, 2.45) is 5.92 Å². The summed E-state index contributed by atoms with van der Waals surface area (Å²) in [6, 6.07) is 0. The monoisotopic (exact) mass is 308 g/mol. The van der Waals surface area contributed by atoms with E-state index in [1.807, 2.05) is 0 Å². The maximum Gasteiger partial charge on any atom is 0.344 e. The summed E-state index contributed by atoms with van der Waals surface area (Å²) in [4.78, 5) is 24.1. The van der Waals surface area contributed by atoms with E-state index >= 15 is 0 Å². The number of carbonyl (C=O) groups is 2. The van der Waals surface area contributed by atoms with Gasteiger partial charge in [-0.1, -0.05) is 24.4 Å². The Morgan fingerprint density at radius 3 is 2.59 bits per heavy atom. The second kappa shape index (κ2) is 7.42. The largest absolute Gasteiger partial charge is 0.449 e. The molecule has 0 radical (unpaired) electrons. The normalized spacial score (nSPS) is 17.0. The van der Waals surface area contributed by atoms with Crippen LogP contribution < -0.4 is 5.32 Å². The van der Waals surface area contributed by atoms with Crippen LogP contribution in [-0.4, -0.2) is 29.7 Å². The van der Waals surface area contributed by atoms with Crippen molar-refractivity contribution in [2.75, 3.05) is 6.54 Å². The van der Waals surface area contributed by atoms with Gasteiger partial charge in [0.05, 0.1) is 5.69 Å². The Kier molecular flexibility index (Phi) is 5.57. The highest BCUT2D eigenvalue weighted by molar-refractivity contribution is 5.93. The van der Waals surface area contributed by atoms with Gasteiger partial charge in [-0.3, -0.25) is 4.79 Å². The smallest absolute Gasteiger partial charge is 0.344 e. The molecule has 6 nitrogen and oxygen atoms in total. The van der Waals surface area contributed by atoms with Crippen molar-refractivity contribution in [3.05, 3.63) is 17.0 Å². The first-order chi connectivity index (χ1) is 10.5. The topological polar surface area (TPSA) is 81.4 Å². The molecule has 0 unspecified atom stereocenters. The first-order valence-corrected chi connectivity index (χ1v) is 7.90. The third-order valence-corrected chi connectivity index (χ3v) is 4.18. The van der Waals surface area contributed by atoms with Crippen LogP contribution in [0.15, 0.2) is 4.52 Å². The fourth-order valence-electron chi connectivity index (χ4n) is 2.83. The van der Waals surface area contributed by atoms with Gasteiger partial charge in [0, 0.05) is 6.54 Å². The van der Waals surface area contributed by atoms with Crippen molar-refractivity contribution in [1.29, 1.82) is 0 Å². The van der Waals surface area contributed by atoms with E-state index in [0.29, 0.717) is 29.5 Å². The number of amides is 1. The van der Waals surface area contributed by atoms with Gasteiger partial charge in [0.25, 0.3) is 5.91 Å². The van der Waals surface area contributed by atoms with E-state index in [9.17, 15) is 9.59 Å². The quantitative estimate of drug-likeness (QED) is 0.845. The molecule has 1 aliphatic carbocycles. The molecule has 6 heteroatoms. The number of ether oxygens (including phenoxy) is 1. The summed E-state index contributed by atoms with van der Waals surface area (Å²) in [7, 11) is 0. The number of nitrogens with one attached hydrogen (secondary N) is 1. The second-order valence-electron chi connectivity index (χ2n) is 6.00. The number of rotatable bonds is 5. The number of carbonyl (C=O) groups excluding carboxylic acids is 2. The van der Waals surface area contributed by atoms with Crippen LogP contribution in [0.5, 0.6) is 0 Å². The lowest BCUT2D eigenvalue weighted by Crippen LogP contribution is -2.38. The van der Waals surface area contributed by atoms with Gasteiger partial charge in [-0.25, -0.2) is 4.79 Å². The van der Waals surface area contributed by atoms with Crippen LogP contribution in [0.2, 0.25) is 0 Å². The minimum absolute atomic E-state index is 0.259. The summed E-state index contributed by atoms with van der Waals surface area (Å²) >= 11 is 0. The standard InChI is InChI=1S/C16H24N2O4/c1-10-14(11(2)22-18-10)16(20)21-12(3)15(19)17-9-13-7-5-4-6-8-13/h12-13H,4-9H2,1-3H3,(H,17,19)/t12-/m1/s1. The Hall–Kier alpha value is -1.85. The van der Waals surface area contributed by atoms with Crippen molar-refractivity contribution in [1.82, 2.24) is 10.5 Å². The van der Waals surface area contributed by atoms with Crippen LogP contribution in [0, 0.1) is 19.8 Å². The third kappa shape index (κ3) is 4.08. The zero-order valence-electron chi connectivity index (χ0n) is 13.5. The minimum Gasteiger partial charge on any atom is -0.449 e. The van der Waals surface area contributed by atoms with Crippen LogP contribution in [0.1, 0.15) is 60.8 Å². The van der Waals surface area contributed by atoms with E-state index in [1.54, 1.807) is 20.8 Å². The lowest BCUT2D eigenvalue weighted by molar-refractivity contribution is -0.129. The number of aromatic nitrogens is 1. The van der Waals surface area contributed by atoms with Gasteiger partial charge in [-0.15, -0.1) is 0 Å². The Labute approximate surface area is 130 Å². The van der Waals surface area contributed by atoms with Crippen LogP contribution >= 0.6 is 0 Å². The predicted octanol–water partition coefficient (Wildman–Crippen LogP) is 2.53. The van der Waals surface area contributed by atoms with E-state index in [2.05, 4.69) is 10.5 Å². The van der Waals surface area contributed by atoms with Gasteiger partial charge in [0.15, 0.2) is 6.10 Å². The van der Waals surface area contributed by atoms with Crippen molar-refractivity contribution in [3.63, 3.8) is 0 Å². The number of nitrogens with zero attached hydrogens (tertiary/aromatic N) is 1. The molecule has 0 bridgehead atoms. The Bertz CT molecular complexity index is 513. The SMILES string of the molecule is Cc1noc(C)c1C(=O)O[C@H](C)C(=O)NCC1CCCCC1. The van der Waals surface area contributed by atoms with Crippen LogP contribution in [-0.2, 0) is 9.53 Å². The van der Waals surface area contributed by atoms with Gasteiger partial charge in [0.2, 0.25) is 0 Å². The molecule has 0 saturated heterocycles. The molecule has 1 aliphatic rings. The highest BCUT2D eigenvalue weighted by Gasteiger charge is 2.24. The number of esters is 1. The van der Waals surface area contributed by atoms with Crippen molar-refractivity contribution in [2.45, 2.75) is 59.0 Å². The first kappa shape index (κ1) is 16.5. The van der Waals surface area contributed by atoms with Gasteiger partial charge >= 0.3 is 5.97 Å². The summed E-state index contributed by atoms with van der Waals surface area (Å²) in [5.74, 6) is 0.114. The molecule has 122 valence electrons. The molecule has 0 aliphatic heterocycles. The summed E-state index contributed by atoms with van der Waals surface area (Å²) in [5.41, 5.74) is 0.768. The Morgan fingerprint density at radius 2 is 2.00 bits per heavy atom. The number of aryl methyl sites for hydroxylation is 2. The third-order valence-electron chi connectivity index (χ3n) is 4.18. The molecule has 1 saturated carbocycles. The van der Waals surface area contributed by atoms with E-state index < -0.39 is 12.1 Å². The Morgan fingerprint density at radius 1 is 1.32 bits per heavy atom. The lowest BCUT2D eigenvalue weighted by Gasteiger charge is -2.22. The fraction of sp³-hybridized carbons (Fsp3) is 0.688. The molecule has 1 aromatic rings. The van der Waals surface area contributed by atoms with E-state index in [0.717, 1.165) is 12.8 Å². The average Bonchev–Trinajstić information content (AvgIpc) is 2.84. The van der Waals surface area contributed by atoms with Crippen molar-refractivity contribution >= 4 is 11.9 Å². The molecule has 2 rings (SSSR count). The molecule has 22 heavy (non-hydrogen) atoms. The molecule has 1 aromatic heterocycles. The van der Waals surface area contributed by atoms with Gasteiger partial charge in [-0.2, -0.15) is 0 Å².